The Hall–Kier alpha value is -1.56. The zero-order valence-corrected chi connectivity index (χ0v) is 16.0. The van der Waals surface area contributed by atoms with Gasteiger partial charge in [-0.3, -0.25) is 9.59 Å². The summed E-state index contributed by atoms with van der Waals surface area (Å²) >= 11 is 13.4. The lowest BCUT2D eigenvalue weighted by Gasteiger charge is -2.16. The lowest BCUT2D eigenvalue weighted by atomic mass is 9.90. The molecule has 0 spiro atoms. The Labute approximate surface area is 160 Å². The van der Waals surface area contributed by atoms with Crippen LogP contribution in [0.1, 0.15) is 33.5 Å². The van der Waals surface area contributed by atoms with E-state index < -0.39 is 0 Å². The largest absolute Gasteiger partial charge is 0.342 e. The van der Waals surface area contributed by atoms with E-state index in [1.807, 2.05) is 6.07 Å². The highest BCUT2D eigenvalue weighted by atomic mass is 35.5. The monoisotopic (exact) mass is 396 g/mol. The molecule has 1 aromatic carbocycles. The number of carbonyl (C=O) groups excluding carboxylic acids is 2. The fraction of sp³-hybridized carbons (Fsp3) is 0.333. The lowest BCUT2D eigenvalue weighted by Crippen LogP contribution is -2.32. The van der Waals surface area contributed by atoms with Gasteiger partial charge in [-0.15, -0.1) is 11.3 Å². The van der Waals surface area contributed by atoms with Gasteiger partial charge in [0.15, 0.2) is 0 Å². The molecule has 3 rings (SSSR count). The van der Waals surface area contributed by atoms with Gasteiger partial charge in [0.1, 0.15) is 0 Å². The van der Waals surface area contributed by atoms with Crippen molar-refractivity contribution in [1.82, 2.24) is 5.32 Å². The highest BCUT2D eigenvalue weighted by Crippen LogP contribution is 2.32. The van der Waals surface area contributed by atoms with Crippen molar-refractivity contribution in [2.45, 2.75) is 26.2 Å². The van der Waals surface area contributed by atoms with E-state index in [4.69, 9.17) is 23.2 Å². The highest BCUT2D eigenvalue weighted by Gasteiger charge is 2.21. The summed E-state index contributed by atoms with van der Waals surface area (Å²) in [5.74, 6) is 0.0816. The number of anilines is 1. The fourth-order valence-corrected chi connectivity index (χ4v) is 4.31. The Kier molecular flexibility index (Phi) is 5.67. The van der Waals surface area contributed by atoms with Crippen molar-refractivity contribution in [3.8, 4) is 0 Å². The molecular weight excluding hydrogens is 379 g/mol. The van der Waals surface area contributed by atoms with E-state index in [9.17, 15) is 9.59 Å². The number of nitrogens with one attached hydrogen (secondary N) is 2. The lowest BCUT2D eigenvalue weighted by molar-refractivity contribution is -0.115. The Morgan fingerprint density at radius 2 is 2.08 bits per heavy atom. The van der Waals surface area contributed by atoms with Crippen molar-refractivity contribution in [2.24, 2.45) is 5.92 Å². The van der Waals surface area contributed by atoms with Crippen LogP contribution in [0.25, 0.3) is 0 Å². The summed E-state index contributed by atoms with van der Waals surface area (Å²) < 4.78 is 0. The van der Waals surface area contributed by atoms with E-state index in [2.05, 4.69) is 17.6 Å². The van der Waals surface area contributed by atoms with Crippen LogP contribution in [-0.4, -0.2) is 18.4 Å². The molecule has 0 aliphatic heterocycles. The van der Waals surface area contributed by atoms with Crippen molar-refractivity contribution in [3.63, 3.8) is 0 Å². The van der Waals surface area contributed by atoms with Crippen LogP contribution in [0.15, 0.2) is 24.3 Å². The van der Waals surface area contributed by atoms with Gasteiger partial charge in [0.05, 0.1) is 22.1 Å². The molecule has 1 aromatic heterocycles. The minimum Gasteiger partial charge on any atom is -0.342 e. The Morgan fingerprint density at radius 3 is 2.88 bits per heavy atom. The van der Waals surface area contributed by atoms with Crippen LogP contribution < -0.4 is 10.6 Å². The first-order chi connectivity index (χ1) is 11.9. The summed E-state index contributed by atoms with van der Waals surface area (Å²) in [7, 11) is 0. The third-order valence-corrected chi connectivity index (χ3v) is 5.97. The van der Waals surface area contributed by atoms with Gasteiger partial charge < -0.3 is 10.6 Å². The van der Waals surface area contributed by atoms with E-state index in [1.165, 1.54) is 21.8 Å². The van der Waals surface area contributed by atoms with Crippen molar-refractivity contribution in [2.75, 3.05) is 11.9 Å². The molecule has 0 radical (unpaired) electrons. The SMILES string of the molecule is C[C@H]1CCc2sc(C(=O)NCC(=O)Nc3cc(Cl)ccc3Cl)cc2C1. The molecule has 0 bridgehead atoms. The number of rotatable bonds is 4. The number of amides is 2. The maximum Gasteiger partial charge on any atom is 0.261 e. The van der Waals surface area contributed by atoms with Gasteiger partial charge in [-0.05, 0) is 55.0 Å². The number of benzene rings is 1. The molecular formula is C18H18Cl2N2O2S. The molecule has 25 heavy (non-hydrogen) atoms. The third kappa shape index (κ3) is 4.54. The van der Waals surface area contributed by atoms with Crippen molar-refractivity contribution >= 4 is 52.0 Å². The average molecular weight is 397 g/mol. The topological polar surface area (TPSA) is 58.2 Å². The van der Waals surface area contributed by atoms with Crippen LogP contribution in [0.4, 0.5) is 5.69 Å². The fourth-order valence-electron chi connectivity index (χ4n) is 2.85. The average Bonchev–Trinajstić information content (AvgIpc) is 2.99. The number of carbonyl (C=O) groups is 2. The van der Waals surface area contributed by atoms with Crippen LogP contribution in [0, 0.1) is 5.92 Å². The Morgan fingerprint density at radius 1 is 1.28 bits per heavy atom. The van der Waals surface area contributed by atoms with Crippen molar-refractivity contribution in [1.29, 1.82) is 0 Å². The maximum atomic E-state index is 12.3. The molecule has 0 fully saturated rings. The summed E-state index contributed by atoms with van der Waals surface area (Å²) in [5.41, 5.74) is 1.69. The number of thiophene rings is 1. The second-order valence-corrected chi connectivity index (χ2v) is 8.24. The van der Waals surface area contributed by atoms with Crippen LogP contribution >= 0.6 is 34.5 Å². The number of aryl methyl sites for hydroxylation is 1. The normalized spacial score (nSPS) is 16.2. The van der Waals surface area contributed by atoms with Crippen LogP contribution in [0.2, 0.25) is 10.0 Å². The first kappa shape index (κ1) is 18.2. The van der Waals surface area contributed by atoms with Gasteiger partial charge in [0, 0.05) is 9.90 Å². The molecule has 0 saturated carbocycles. The second kappa shape index (κ2) is 7.77. The number of hydrogen-bond donors (Lipinski definition) is 2. The van der Waals surface area contributed by atoms with E-state index in [0.717, 1.165) is 19.3 Å². The molecule has 1 atom stereocenters. The summed E-state index contributed by atoms with van der Waals surface area (Å²) in [6, 6.07) is 6.77. The van der Waals surface area contributed by atoms with Gasteiger partial charge in [0.25, 0.3) is 5.91 Å². The Bertz CT molecular complexity index is 819. The van der Waals surface area contributed by atoms with Crippen LogP contribution in [0.3, 0.4) is 0 Å². The first-order valence-electron chi connectivity index (χ1n) is 8.07. The highest BCUT2D eigenvalue weighted by molar-refractivity contribution is 7.14. The number of hydrogen-bond acceptors (Lipinski definition) is 3. The van der Waals surface area contributed by atoms with Crippen LogP contribution in [0.5, 0.6) is 0 Å². The summed E-state index contributed by atoms with van der Waals surface area (Å²) in [6.45, 7) is 2.10. The third-order valence-electron chi connectivity index (χ3n) is 4.17. The van der Waals surface area contributed by atoms with Gasteiger partial charge >= 0.3 is 0 Å². The molecule has 1 aliphatic carbocycles. The summed E-state index contributed by atoms with van der Waals surface area (Å²) in [5, 5.41) is 6.17. The Balaban J connectivity index is 1.57. The zero-order chi connectivity index (χ0) is 18.0. The molecule has 0 unspecified atom stereocenters. The van der Waals surface area contributed by atoms with Crippen molar-refractivity contribution in [3.05, 3.63) is 49.6 Å². The molecule has 2 aromatic rings. The minimum atomic E-state index is -0.354. The molecule has 7 heteroatoms. The smallest absolute Gasteiger partial charge is 0.261 e. The molecule has 132 valence electrons. The van der Waals surface area contributed by atoms with Gasteiger partial charge in [-0.25, -0.2) is 0 Å². The maximum absolute atomic E-state index is 12.3. The summed E-state index contributed by atoms with van der Waals surface area (Å²) in [4.78, 5) is 26.3. The minimum absolute atomic E-state index is 0.124. The predicted molar refractivity (Wildman–Crippen MR) is 103 cm³/mol. The van der Waals surface area contributed by atoms with Gasteiger partial charge in [0.2, 0.25) is 5.91 Å². The second-order valence-electron chi connectivity index (χ2n) is 6.26. The van der Waals surface area contributed by atoms with Crippen molar-refractivity contribution < 1.29 is 9.59 Å². The molecule has 0 saturated heterocycles. The molecule has 1 aliphatic rings. The first-order valence-corrected chi connectivity index (χ1v) is 9.64. The molecule has 1 heterocycles. The predicted octanol–water partition coefficient (Wildman–Crippen LogP) is 4.55. The van der Waals surface area contributed by atoms with Gasteiger partial charge in [-0.1, -0.05) is 30.1 Å². The standard InChI is InChI=1S/C18H18Cl2N2O2S/c1-10-2-5-15-11(6-10)7-16(25-15)18(24)21-9-17(23)22-14-8-12(19)3-4-13(14)20/h3-4,7-8,10H,2,5-6,9H2,1H3,(H,21,24)(H,22,23)/t10-/m0/s1. The zero-order valence-electron chi connectivity index (χ0n) is 13.7. The van der Waals surface area contributed by atoms with Crippen LogP contribution in [-0.2, 0) is 17.6 Å². The van der Waals surface area contributed by atoms with Gasteiger partial charge in [-0.2, -0.15) is 0 Å². The van der Waals surface area contributed by atoms with E-state index in [1.54, 1.807) is 18.2 Å². The van der Waals surface area contributed by atoms with E-state index >= 15 is 0 Å². The van der Waals surface area contributed by atoms with E-state index in [-0.39, 0.29) is 18.4 Å². The quantitative estimate of drug-likeness (QED) is 0.796. The molecule has 2 amide bonds. The number of fused-ring (bicyclic) bond motifs is 1. The molecule has 2 N–H and O–H groups in total. The van der Waals surface area contributed by atoms with E-state index in [0.29, 0.717) is 26.5 Å². The summed E-state index contributed by atoms with van der Waals surface area (Å²) in [6.07, 6.45) is 3.21. The molecule has 4 nitrogen and oxygen atoms in total. The number of halogens is 2.